The summed E-state index contributed by atoms with van der Waals surface area (Å²) in [5.41, 5.74) is -0.0864. The highest BCUT2D eigenvalue weighted by atomic mass is 16.4. The highest BCUT2D eigenvalue weighted by molar-refractivity contribution is 5.80. The number of nitrogens with zero attached hydrogens (tertiary/aromatic N) is 1. The van der Waals surface area contributed by atoms with Crippen molar-refractivity contribution in [2.24, 2.45) is 0 Å². The standard InChI is InChI=1S/C13H17NO3/c1-13(12(16)17,14(2)10-15)9-8-11-6-4-3-5-7-11/h3-7,10H,8-9H2,1-2H3,(H,16,17). The van der Waals surface area contributed by atoms with Gasteiger partial charge in [-0.1, -0.05) is 30.3 Å². The predicted molar refractivity (Wildman–Crippen MR) is 64.6 cm³/mol. The van der Waals surface area contributed by atoms with Crippen molar-refractivity contribution in [2.75, 3.05) is 7.05 Å². The fraction of sp³-hybridized carbons (Fsp3) is 0.385. The zero-order valence-corrected chi connectivity index (χ0v) is 10.1. The number of carboxylic acids is 1. The average Bonchev–Trinajstić information content (AvgIpc) is 2.35. The van der Waals surface area contributed by atoms with Gasteiger partial charge >= 0.3 is 5.97 Å². The van der Waals surface area contributed by atoms with E-state index in [2.05, 4.69) is 0 Å². The molecule has 1 aromatic rings. The molecule has 1 amide bonds. The fourth-order valence-corrected chi connectivity index (χ4v) is 1.58. The number of aryl methyl sites for hydroxylation is 1. The summed E-state index contributed by atoms with van der Waals surface area (Å²) in [6, 6.07) is 9.64. The Bertz CT molecular complexity index is 391. The van der Waals surface area contributed by atoms with Crippen LogP contribution >= 0.6 is 0 Å². The van der Waals surface area contributed by atoms with E-state index < -0.39 is 11.5 Å². The Hall–Kier alpha value is -1.84. The monoisotopic (exact) mass is 235 g/mol. The normalized spacial score (nSPS) is 13.8. The zero-order chi connectivity index (χ0) is 12.9. The molecule has 0 radical (unpaired) electrons. The summed E-state index contributed by atoms with van der Waals surface area (Å²) in [5, 5.41) is 9.21. The van der Waals surface area contributed by atoms with Crippen molar-refractivity contribution in [3.8, 4) is 0 Å². The van der Waals surface area contributed by atoms with Gasteiger partial charge in [-0.2, -0.15) is 0 Å². The first kappa shape index (κ1) is 13.2. The molecule has 0 aliphatic heterocycles. The van der Waals surface area contributed by atoms with Crippen LogP contribution in [0.1, 0.15) is 18.9 Å². The van der Waals surface area contributed by atoms with Crippen LogP contribution in [-0.2, 0) is 16.0 Å². The summed E-state index contributed by atoms with van der Waals surface area (Å²) in [6.07, 6.45) is 1.57. The SMILES string of the molecule is CN(C=O)C(C)(CCc1ccccc1)C(=O)O. The molecule has 0 saturated heterocycles. The van der Waals surface area contributed by atoms with Gasteiger partial charge < -0.3 is 10.0 Å². The zero-order valence-electron chi connectivity index (χ0n) is 10.1. The number of carboxylic acid groups (broad SMARTS) is 1. The molecule has 1 aromatic carbocycles. The molecule has 1 rings (SSSR count). The number of rotatable bonds is 6. The van der Waals surface area contributed by atoms with Gasteiger partial charge in [0.15, 0.2) is 0 Å². The Morgan fingerprint density at radius 1 is 1.41 bits per heavy atom. The van der Waals surface area contributed by atoms with Gasteiger partial charge in [-0.15, -0.1) is 0 Å². The number of hydrogen-bond acceptors (Lipinski definition) is 2. The molecule has 1 N–H and O–H groups in total. The first-order chi connectivity index (χ1) is 8.00. The van der Waals surface area contributed by atoms with Crippen LogP contribution in [0.2, 0.25) is 0 Å². The molecule has 0 fully saturated rings. The van der Waals surface area contributed by atoms with Crippen molar-refractivity contribution in [3.05, 3.63) is 35.9 Å². The maximum absolute atomic E-state index is 11.2. The summed E-state index contributed by atoms with van der Waals surface area (Å²) in [7, 11) is 1.49. The number of carbonyl (C=O) groups excluding carboxylic acids is 1. The van der Waals surface area contributed by atoms with Crippen LogP contribution < -0.4 is 0 Å². The summed E-state index contributed by atoms with van der Waals surface area (Å²) in [4.78, 5) is 23.2. The molecule has 92 valence electrons. The molecule has 4 nitrogen and oxygen atoms in total. The van der Waals surface area contributed by atoms with Gasteiger partial charge in [0.1, 0.15) is 5.54 Å². The van der Waals surface area contributed by atoms with Crippen LogP contribution in [-0.4, -0.2) is 35.0 Å². The summed E-state index contributed by atoms with van der Waals surface area (Å²) >= 11 is 0. The van der Waals surface area contributed by atoms with Gasteiger partial charge in [0.05, 0.1) is 0 Å². The Morgan fingerprint density at radius 3 is 2.47 bits per heavy atom. The lowest BCUT2D eigenvalue weighted by atomic mass is 9.92. The van der Waals surface area contributed by atoms with Crippen LogP contribution in [0.25, 0.3) is 0 Å². The Balaban J connectivity index is 2.75. The van der Waals surface area contributed by atoms with Gasteiger partial charge in [-0.25, -0.2) is 4.79 Å². The molecule has 17 heavy (non-hydrogen) atoms. The summed E-state index contributed by atoms with van der Waals surface area (Å²) in [5.74, 6) is -0.983. The van der Waals surface area contributed by atoms with Gasteiger partial charge in [0.2, 0.25) is 6.41 Å². The first-order valence-corrected chi connectivity index (χ1v) is 5.46. The van der Waals surface area contributed by atoms with E-state index in [1.165, 1.54) is 11.9 Å². The molecule has 0 spiro atoms. The van der Waals surface area contributed by atoms with E-state index >= 15 is 0 Å². The molecule has 1 unspecified atom stereocenters. The van der Waals surface area contributed by atoms with Crippen molar-refractivity contribution in [2.45, 2.75) is 25.3 Å². The van der Waals surface area contributed by atoms with Gasteiger partial charge in [0, 0.05) is 7.05 Å². The maximum atomic E-state index is 11.2. The predicted octanol–water partition coefficient (Wildman–Crippen LogP) is 1.55. The van der Waals surface area contributed by atoms with Crippen molar-refractivity contribution in [1.82, 2.24) is 4.90 Å². The van der Waals surface area contributed by atoms with E-state index in [0.29, 0.717) is 19.3 Å². The molecular formula is C13H17NO3. The number of likely N-dealkylation sites (N-methyl/N-ethyl adjacent to an activating group) is 1. The van der Waals surface area contributed by atoms with Crippen LogP contribution in [0.5, 0.6) is 0 Å². The first-order valence-electron chi connectivity index (χ1n) is 5.46. The summed E-state index contributed by atoms with van der Waals surface area (Å²) in [6.45, 7) is 1.56. The maximum Gasteiger partial charge on any atom is 0.329 e. The number of carbonyl (C=O) groups is 2. The molecule has 0 aromatic heterocycles. The average molecular weight is 235 g/mol. The van der Waals surface area contributed by atoms with Crippen LogP contribution in [0.15, 0.2) is 30.3 Å². The van der Waals surface area contributed by atoms with Crippen LogP contribution in [0.3, 0.4) is 0 Å². The van der Waals surface area contributed by atoms with Gasteiger partial charge in [-0.05, 0) is 25.3 Å². The fourth-order valence-electron chi connectivity index (χ4n) is 1.58. The minimum absolute atomic E-state index is 0.390. The Morgan fingerprint density at radius 2 is 2.00 bits per heavy atom. The number of amides is 1. The molecule has 0 bridgehead atoms. The highest BCUT2D eigenvalue weighted by Gasteiger charge is 2.36. The quantitative estimate of drug-likeness (QED) is 0.761. The van der Waals surface area contributed by atoms with Crippen molar-refractivity contribution < 1.29 is 14.7 Å². The van der Waals surface area contributed by atoms with E-state index in [-0.39, 0.29) is 0 Å². The lowest BCUT2D eigenvalue weighted by Gasteiger charge is -2.32. The molecule has 0 aliphatic carbocycles. The second-order valence-corrected chi connectivity index (χ2v) is 4.28. The minimum atomic E-state index is -1.16. The molecule has 0 saturated carbocycles. The van der Waals surface area contributed by atoms with E-state index in [4.69, 9.17) is 0 Å². The van der Waals surface area contributed by atoms with Crippen molar-refractivity contribution in [1.29, 1.82) is 0 Å². The summed E-state index contributed by atoms with van der Waals surface area (Å²) < 4.78 is 0. The molecule has 0 aliphatic rings. The van der Waals surface area contributed by atoms with E-state index in [1.807, 2.05) is 30.3 Å². The third kappa shape index (κ3) is 3.06. The van der Waals surface area contributed by atoms with Crippen LogP contribution in [0.4, 0.5) is 0 Å². The smallest absolute Gasteiger partial charge is 0.329 e. The third-order valence-corrected chi connectivity index (χ3v) is 3.14. The highest BCUT2D eigenvalue weighted by Crippen LogP contribution is 2.20. The molecule has 1 atom stereocenters. The lowest BCUT2D eigenvalue weighted by molar-refractivity contribution is -0.153. The second-order valence-electron chi connectivity index (χ2n) is 4.28. The van der Waals surface area contributed by atoms with Crippen molar-refractivity contribution >= 4 is 12.4 Å². The van der Waals surface area contributed by atoms with Gasteiger partial charge in [0.25, 0.3) is 0 Å². The van der Waals surface area contributed by atoms with Crippen molar-refractivity contribution in [3.63, 3.8) is 0 Å². The minimum Gasteiger partial charge on any atom is -0.480 e. The van der Waals surface area contributed by atoms with E-state index in [0.717, 1.165) is 5.56 Å². The largest absolute Gasteiger partial charge is 0.480 e. The Labute approximate surface area is 101 Å². The number of aliphatic carboxylic acids is 1. The Kier molecular flexibility index (Phi) is 4.26. The lowest BCUT2D eigenvalue weighted by Crippen LogP contribution is -2.50. The third-order valence-electron chi connectivity index (χ3n) is 3.14. The number of benzene rings is 1. The molecule has 4 heteroatoms. The van der Waals surface area contributed by atoms with Crippen LogP contribution in [0, 0.1) is 0 Å². The molecular weight excluding hydrogens is 218 g/mol. The second kappa shape index (κ2) is 5.48. The number of hydrogen-bond donors (Lipinski definition) is 1. The van der Waals surface area contributed by atoms with Gasteiger partial charge in [-0.3, -0.25) is 4.79 Å². The van der Waals surface area contributed by atoms with E-state index in [9.17, 15) is 14.7 Å². The van der Waals surface area contributed by atoms with E-state index in [1.54, 1.807) is 6.92 Å². The molecule has 0 heterocycles. The topological polar surface area (TPSA) is 57.6 Å².